The summed E-state index contributed by atoms with van der Waals surface area (Å²) in [4.78, 5) is 33.0. The first-order chi connectivity index (χ1) is 33.8. The van der Waals surface area contributed by atoms with Gasteiger partial charge >= 0.3 is 12.3 Å². The van der Waals surface area contributed by atoms with E-state index >= 15 is 0 Å². The van der Waals surface area contributed by atoms with Gasteiger partial charge in [-0.15, -0.1) is 0 Å². The number of methoxy groups -OCH3 is 6. The summed E-state index contributed by atoms with van der Waals surface area (Å²) in [6.07, 6.45) is -0.614. The number of hydrogen-bond donors (Lipinski definition) is 0. The van der Waals surface area contributed by atoms with Crippen LogP contribution in [-0.4, -0.2) is 97.3 Å². The van der Waals surface area contributed by atoms with Gasteiger partial charge in [0, 0.05) is 43.5 Å². The van der Waals surface area contributed by atoms with Gasteiger partial charge in [-0.1, -0.05) is 48.5 Å². The molecule has 4 heterocycles. The number of Topliss-reactive ketones (excluding diaryl/α,β-unsaturated/α-hetero) is 1. The van der Waals surface area contributed by atoms with Gasteiger partial charge in [-0.3, -0.25) is 14.4 Å². The van der Waals surface area contributed by atoms with Crippen LogP contribution in [0.1, 0.15) is 57.3 Å². The first-order valence-corrected chi connectivity index (χ1v) is 22.6. The zero-order chi connectivity index (χ0) is 50.5. The lowest BCUT2D eigenvalue weighted by Crippen LogP contribution is -2.31. The molecule has 8 rings (SSSR count). The van der Waals surface area contributed by atoms with Gasteiger partial charge in [0.2, 0.25) is 5.78 Å². The van der Waals surface area contributed by atoms with E-state index in [-0.39, 0.29) is 29.8 Å². The lowest BCUT2D eigenvalue weighted by molar-refractivity contribution is -0.570. The van der Waals surface area contributed by atoms with Crippen LogP contribution in [0.15, 0.2) is 152 Å². The Bertz CT molecular complexity index is 2820. The number of ether oxygens (including phenoxy) is 6. The van der Waals surface area contributed by atoms with E-state index < -0.39 is 12.2 Å². The summed E-state index contributed by atoms with van der Waals surface area (Å²) in [5, 5.41) is 25.4. The minimum atomic E-state index is -0.822. The normalized spacial score (nSPS) is 15.4. The van der Waals surface area contributed by atoms with Crippen LogP contribution in [-0.2, 0) is 19.1 Å². The van der Waals surface area contributed by atoms with Crippen molar-refractivity contribution < 1.29 is 61.3 Å². The van der Waals surface area contributed by atoms with E-state index in [4.69, 9.17) is 42.1 Å². The van der Waals surface area contributed by atoms with E-state index in [0.717, 1.165) is 37.5 Å². The number of benzene rings is 4. The average Bonchev–Trinajstić information content (AvgIpc) is 4.25. The number of carbonyl (C=O) groups is 2. The number of nitrogens with zero attached hydrogens (tertiary/aromatic N) is 9. The molecular weight excluding hydrogens is 1040 g/mol. The number of halogens is 2. The van der Waals surface area contributed by atoms with Crippen LogP contribution in [0.2, 0.25) is 0 Å². The number of rotatable bonds is 16. The maximum Gasteiger partial charge on any atom is 0.320 e. The minimum Gasteiger partial charge on any atom is -0.495 e. The molecule has 1 amide bonds. The Balaban J connectivity index is 0.000000186. The average molecular weight is 1090 g/mol. The van der Waals surface area contributed by atoms with E-state index in [2.05, 4.69) is 62.8 Å². The topological polar surface area (TPSA) is 208 Å². The molecule has 4 atom stereocenters. The predicted octanol–water partition coefficient (Wildman–Crippen LogP) is 11.4. The van der Waals surface area contributed by atoms with Crippen molar-refractivity contribution in [2.24, 2.45) is 30.9 Å². The third kappa shape index (κ3) is 12.4. The molecule has 0 bridgehead atoms. The van der Waals surface area contributed by atoms with Crippen molar-refractivity contribution in [2.45, 2.75) is 24.5 Å². The first-order valence-electron chi connectivity index (χ1n) is 21.1. The van der Waals surface area contributed by atoms with Crippen LogP contribution in [0, 0.1) is 0 Å². The highest BCUT2D eigenvalue weighted by Gasteiger charge is 2.29. The van der Waals surface area contributed by atoms with Crippen molar-refractivity contribution in [1.29, 1.82) is 0 Å². The molecule has 4 aromatic carbocycles. The van der Waals surface area contributed by atoms with Crippen molar-refractivity contribution in [3.8, 4) is 45.6 Å². The van der Waals surface area contributed by atoms with E-state index in [1.165, 1.54) is 38.0 Å². The van der Waals surface area contributed by atoms with Crippen molar-refractivity contribution in [1.82, 2.24) is 5.06 Å². The fraction of sp³-hybridized carbons (Fsp3) is 0.292. The lowest BCUT2D eigenvalue weighted by atomic mass is 10.0. The van der Waals surface area contributed by atoms with Crippen molar-refractivity contribution in [3.63, 3.8) is 0 Å². The maximum atomic E-state index is 13.2. The molecule has 2 aromatic heterocycles. The Hall–Kier alpha value is -6.98. The SMILES string of the molecule is COC(C(=O)N(C)OC)c1ccc(C2N=N[N+](C)=N2)cc1.COc1cc(-c2ccc(C(=O)C(OC)c3ccc(C4N=N[N+](C)=N4)cc3)o2)cc(OC)c1Br.COc1cc(-c2ccco2)cc(OC)c1Br. The molecule has 0 N–H and O–H groups in total. The van der Waals surface area contributed by atoms with E-state index in [9.17, 15) is 9.59 Å². The fourth-order valence-electron chi connectivity index (χ4n) is 6.86. The second kappa shape index (κ2) is 24.5. The second-order valence-electron chi connectivity index (χ2n) is 14.8. The molecule has 0 saturated heterocycles. The van der Waals surface area contributed by atoms with E-state index in [1.54, 1.807) is 73.1 Å². The van der Waals surface area contributed by atoms with Gasteiger partial charge in [-0.2, -0.15) is 0 Å². The Kier molecular flexibility index (Phi) is 18.4. The van der Waals surface area contributed by atoms with Crippen LogP contribution in [0.25, 0.3) is 22.6 Å². The molecule has 0 saturated carbocycles. The fourth-order valence-corrected chi connectivity index (χ4v) is 7.96. The molecule has 0 fully saturated rings. The summed E-state index contributed by atoms with van der Waals surface area (Å²) in [6, 6.07) is 29.2. The number of hydrogen-bond acceptors (Lipinski definition) is 17. The van der Waals surface area contributed by atoms with Gasteiger partial charge in [0.1, 0.15) is 63.7 Å². The third-order valence-electron chi connectivity index (χ3n) is 10.6. The van der Waals surface area contributed by atoms with Crippen LogP contribution >= 0.6 is 31.9 Å². The Morgan fingerprint density at radius 1 is 0.614 bits per heavy atom. The smallest absolute Gasteiger partial charge is 0.320 e. The van der Waals surface area contributed by atoms with Gasteiger partial charge in [-0.25, -0.2) is 5.06 Å². The van der Waals surface area contributed by atoms with Crippen molar-refractivity contribution >= 4 is 43.6 Å². The van der Waals surface area contributed by atoms with Gasteiger partial charge < -0.3 is 37.3 Å². The highest BCUT2D eigenvalue weighted by Crippen LogP contribution is 2.41. The predicted molar refractivity (Wildman–Crippen MR) is 259 cm³/mol. The molecule has 2 aliphatic rings. The highest BCUT2D eigenvalue weighted by atomic mass is 79.9. The zero-order valence-electron chi connectivity index (χ0n) is 39.9. The number of ketones is 1. The summed E-state index contributed by atoms with van der Waals surface area (Å²) in [6.45, 7) is 0. The van der Waals surface area contributed by atoms with Gasteiger partial charge in [0.05, 0.1) is 52.0 Å². The number of hydroxylamine groups is 2. The summed E-state index contributed by atoms with van der Waals surface area (Å²) in [5.74, 6) is 3.50. The van der Waals surface area contributed by atoms with E-state index in [1.807, 2.05) is 72.8 Å². The summed E-state index contributed by atoms with van der Waals surface area (Å²) >= 11 is 6.87. The van der Waals surface area contributed by atoms with Gasteiger partial charge in [0.15, 0.2) is 22.3 Å². The molecule has 2 aliphatic heterocycles. The number of likely N-dealkylation sites (N-methyl/N-ethyl adjacent to an activating group) is 1. The summed E-state index contributed by atoms with van der Waals surface area (Å²) < 4.78 is 44.8. The molecule has 0 spiro atoms. The van der Waals surface area contributed by atoms with E-state index in [0.29, 0.717) is 44.4 Å². The molecule has 4 unspecified atom stereocenters. The van der Waals surface area contributed by atoms with Crippen molar-refractivity contribution in [3.05, 3.63) is 140 Å². The van der Waals surface area contributed by atoms with Crippen LogP contribution in [0.3, 0.4) is 0 Å². The summed E-state index contributed by atoms with van der Waals surface area (Å²) in [5.41, 5.74) is 4.82. The first kappa shape index (κ1) is 52.4. The van der Waals surface area contributed by atoms with Crippen molar-refractivity contribution in [2.75, 3.05) is 70.9 Å². The van der Waals surface area contributed by atoms with Gasteiger partial charge in [0.25, 0.3) is 5.91 Å². The van der Waals surface area contributed by atoms with Crippen LogP contribution in [0.4, 0.5) is 0 Å². The quantitative estimate of drug-likeness (QED) is 0.0506. The number of furan rings is 2. The molecule has 366 valence electrons. The molecule has 20 nitrogen and oxygen atoms in total. The molecule has 22 heteroatoms. The highest BCUT2D eigenvalue weighted by molar-refractivity contribution is 9.11. The van der Waals surface area contributed by atoms with Crippen LogP contribution < -0.4 is 18.9 Å². The number of amides is 1. The molecule has 0 aliphatic carbocycles. The number of carbonyl (C=O) groups excluding carboxylic acids is 2. The van der Waals surface area contributed by atoms with Gasteiger partial charge in [-0.05, 0) is 111 Å². The molecule has 6 aromatic rings. The molecular formula is C48H51Br2N9O11+2. The Labute approximate surface area is 420 Å². The third-order valence-corrected chi connectivity index (χ3v) is 12.1. The standard InChI is InChI=1S/C23H22BrN4O5.C13H18N5O3.C12H11BrO3/c1-28-26-23(25-27-28)14-7-5-13(6-8-14)22(32-4)21(29)17-10-9-16(33-17)15-11-18(30-2)20(24)19(12-15)31-3;1-17(21-4)13(19)11(20-3)9-5-7-10(8-6-9)12-14-16-18(2)15-12;1-14-10-6-8(9-4-3-5-16-9)7-11(15-2)12(10)13/h5-12,22-23H,1-4H3;5-8,11-12H,1-4H3;3-7H,1-2H3/q2*+1;. The lowest BCUT2D eigenvalue weighted by Gasteiger charge is -2.21. The minimum absolute atomic E-state index is 0.183. The number of azo groups is 2. The second-order valence-corrected chi connectivity index (χ2v) is 16.4. The van der Waals surface area contributed by atoms with Crippen LogP contribution in [0.5, 0.6) is 23.0 Å². The zero-order valence-corrected chi connectivity index (χ0v) is 43.1. The Morgan fingerprint density at radius 2 is 1.06 bits per heavy atom. The largest absolute Gasteiger partial charge is 0.495 e. The maximum absolute atomic E-state index is 13.2. The Morgan fingerprint density at radius 3 is 1.43 bits per heavy atom. The molecule has 70 heavy (non-hydrogen) atoms. The monoisotopic (exact) mass is 1090 g/mol. The summed E-state index contributed by atoms with van der Waals surface area (Å²) in [7, 11) is 15.7. The molecule has 0 radical (unpaired) electrons.